The van der Waals surface area contributed by atoms with Gasteiger partial charge in [0.05, 0.1) is 6.26 Å². The smallest absolute Gasteiger partial charge is 0.211 e. The maximum absolute atomic E-state index is 11.8. The molecule has 0 amide bonds. The molecule has 0 saturated carbocycles. The molecular weight excluding hydrogens is 364 g/mol. The summed E-state index contributed by atoms with van der Waals surface area (Å²) in [6, 6.07) is 13.7. The molecule has 0 unspecified atom stereocenters. The Balaban J connectivity index is 1.57. The Kier molecular flexibility index (Phi) is 4.56. The summed E-state index contributed by atoms with van der Waals surface area (Å²) in [5.41, 5.74) is 1.66. The normalized spacial score (nSPS) is 16.3. The van der Waals surface area contributed by atoms with E-state index in [-0.39, 0.29) is 6.04 Å². The molecule has 1 aliphatic heterocycles. The third-order valence-electron chi connectivity index (χ3n) is 5.11. The highest BCUT2D eigenvalue weighted by Crippen LogP contribution is 2.23. The van der Waals surface area contributed by atoms with E-state index in [0.717, 1.165) is 37.3 Å². The minimum atomic E-state index is -3.16. The van der Waals surface area contributed by atoms with Gasteiger partial charge in [0, 0.05) is 31.7 Å². The van der Waals surface area contributed by atoms with Crippen molar-refractivity contribution >= 4 is 21.5 Å². The maximum atomic E-state index is 11.8. The molecule has 3 heterocycles. The molecule has 142 valence electrons. The van der Waals surface area contributed by atoms with Crippen molar-refractivity contribution < 1.29 is 8.42 Å². The molecule has 4 rings (SSSR count). The summed E-state index contributed by atoms with van der Waals surface area (Å²) in [5.74, 6) is 1.55. The predicted octanol–water partition coefficient (Wildman–Crippen LogP) is 1.65. The van der Waals surface area contributed by atoms with Crippen molar-refractivity contribution in [1.29, 1.82) is 0 Å². The number of hydrogen-bond donors (Lipinski definition) is 0. The SMILES string of the molecule is CN(C1CCN(c2ccc3nnc(-c4ccccc4)n3n2)CC1)S(C)(=O)=O. The number of anilines is 1. The molecule has 27 heavy (non-hydrogen) atoms. The van der Waals surface area contributed by atoms with Crippen LogP contribution in [0, 0.1) is 0 Å². The van der Waals surface area contributed by atoms with Gasteiger partial charge in [0.15, 0.2) is 11.5 Å². The van der Waals surface area contributed by atoms with Crippen molar-refractivity contribution in [2.75, 3.05) is 31.3 Å². The van der Waals surface area contributed by atoms with Crippen molar-refractivity contribution in [3.63, 3.8) is 0 Å². The summed E-state index contributed by atoms with van der Waals surface area (Å²) in [5, 5.41) is 13.2. The lowest BCUT2D eigenvalue weighted by atomic mass is 10.1. The lowest BCUT2D eigenvalue weighted by molar-refractivity contribution is 0.313. The van der Waals surface area contributed by atoms with Crippen LogP contribution in [0.2, 0.25) is 0 Å². The van der Waals surface area contributed by atoms with Crippen LogP contribution in [0.5, 0.6) is 0 Å². The first-order chi connectivity index (χ1) is 12.9. The Bertz CT molecular complexity index is 1040. The summed E-state index contributed by atoms with van der Waals surface area (Å²) in [6.45, 7) is 1.51. The van der Waals surface area contributed by atoms with Crippen LogP contribution in [0.3, 0.4) is 0 Å². The second-order valence-electron chi connectivity index (χ2n) is 6.85. The zero-order valence-corrected chi connectivity index (χ0v) is 16.2. The first kappa shape index (κ1) is 17.9. The topological polar surface area (TPSA) is 83.7 Å². The molecule has 9 heteroatoms. The molecule has 1 aliphatic rings. The van der Waals surface area contributed by atoms with Crippen LogP contribution >= 0.6 is 0 Å². The highest BCUT2D eigenvalue weighted by atomic mass is 32.2. The molecule has 0 bridgehead atoms. The van der Waals surface area contributed by atoms with Gasteiger partial charge in [-0.2, -0.15) is 4.52 Å². The van der Waals surface area contributed by atoms with Gasteiger partial charge in [0.1, 0.15) is 5.82 Å². The second-order valence-corrected chi connectivity index (χ2v) is 8.89. The molecular formula is C18H22N6O2S. The number of fused-ring (bicyclic) bond motifs is 1. The Morgan fingerprint density at radius 3 is 2.41 bits per heavy atom. The molecule has 0 N–H and O–H groups in total. The van der Waals surface area contributed by atoms with E-state index in [1.54, 1.807) is 11.6 Å². The van der Waals surface area contributed by atoms with Gasteiger partial charge >= 0.3 is 0 Å². The molecule has 3 aromatic rings. The monoisotopic (exact) mass is 386 g/mol. The molecule has 0 spiro atoms. The number of hydrogen-bond acceptors (Lipinski definition) is 6. The minimum Gasteiger partial charge on any atom is -0.355 e. The van der Waals surface area contributed by atoms with Gasteiger partial charge in [0.25, 0.3) is 0 Å². The molecule has 0 aliphatic carbocycles. The van der Waals surface area contributed by atoms with Gasteiger partial charge in [-0.05, 0) is 25.0 Å². The summed E-state index contributed by atoms with van der Waals surface area (Å²) in [4.78, 5) is 2.18. The van der Waals surface area contributed by atoms with Crippen molar-refractivity contribution in [3.8, 4) is 11.4 Å². The number of nitrogens with zero attached hydrogens (tertiary/aromatic N) is 6. The van der Waals surface area contributed by atoms with Crippen LogP contribution in [0.4, 0.5) is 5.82 Å². The van der Waals surface area contributed by atoms with E-state index < -0.39 is 10.0 Å². The average Bonchev–Trinajstić information content (AvgIpc) is 3.11. The zero-order chi connectivity index (χ0) is 19.0. The third-order valence-corrected chi connectivity index (χ3v) is 6.45. The second kappa shape index (κ2) is 6.90. The van der Waals surface area contributed by atoms with Gasteiger partial charge < -0.3 is 4.90 Å². The van der Waals surface area contributed by atoms with Crippen molar-refractivity contribution in [3.05, 3.63) is 42.5 Å². The Morgan fingerprint density at radius 1 is 1.04 bits per heavy atom. The fraction of sp³-hybridized carbons (Fsp3) is 0.389. The first-order valence-electron chi connectivity index (χ1n) is 8.89. The lowest BCUT2D eigenvalue weighted by Gasteiger charge is -2.36. The van der Waals surface area contributed by atoms with Gasteiger partial charge in [-0.3, -0.25) is 0 Å². The number of rotatable bonds is 4. The largest absolute Gasteiger partial charge is 0.355 e. The van der Waals surface area contributed by atoms with Gasteiger partial charge in [0.2, 0.25) is 10.0 Å². The van der Waals surface area contributed by atoms with Gasteiger partial charge in [-0.25, -0.2) is 12.7 Å². The number of aromatic nitrogens is 4. The van der Waals surface area contributed by atoms with E-state index in [0.29, 0.717) is 11.5 Å². The van der Waals surface area contributed by atoms with Crippen LogP contribution in [0.25, 0.3) is 17.0 Å². The Hall–Kier alpha value is -2.52. The minimum absolute atomic E-state index is 0.0368. The Labute approximate surface area is 158 Å². The first-order valence-corrected chi connectivity index (χ1v) is 10.7. The van der Waals surface area contributed by atoms with Crippen molar-refractivity contribution in [1.82, 2.24) is 24.1 Å². The molecule has 2 aromatic heterocycles. The maximum Gasteiger partial charge on any atom is 0.211 e. The summed E-state index contributed by atoms with van der Waals surface area (Å²) in [7, 11) is -1.51. The lowest BCUT2D eigenvalue weighted by Crippen LogP contribution is -2.45. The highest BCUT2D eigenvalue weighted by molar-refractivity contribution is 7.88. The molecule has 0 radical (unpaired) electrons. The van der Waals surface area contributed by atoms with Crippen LogP contribution in [-0.4, -0.2) is 65.0 Å². The van der Waals surface area contributed by atoms with E-state index in [1.807, 2.05) is 42.5 Å². The van der Waals surface area contributed by atoms with Crippen LogP contribution in [0.1, 0.15) is 12.8 Å². The van der Waals surface area contributed by atoms with E-state index in [2.05, 4.69) is 15.1 Å². The summed E-state index contributed by atoms with van der Waals surface area (Å²) in [6.07, 6.45) is 2.81. The molecule has 1 fully saturated rings. The van der Waals surface area contributed by atoms with Crippen molar-refractivity contribution in [2.45, 2.75) is 18.9 Å². The van der Waals surface area contributed by atoms with E-state index in [9.17, 15) is 8.42 Å². The van der Waals surface area contributed by atoms with E-state index >= 15 is 0 Å². The van der Waals surface area contributed by atoms with Crippen LogP contribution in [0.15, 0.2) is 42.5 Å². The quantitative estimate of drug-likeness (QED) is 0.678. The van der Waals surface area contributed by atoms with Crippen molar-refractivity contribution in [2.24, 2.45) is 0 Å². The third kappa shape index (κ3) is 3.52. The molecule has 0 atom stereocenters. The summed E-state index contributed by atoms with van der Waals surface area (Å²) >= 11 is 0. The van der Waals surface area contributed by atoms with Crippen LogP contribution in [-0.2, 0) is 10.0 Å². The standard InChI is InChI=1S/C18H22N6O2S/c1-22(27(2,25)26)15-10-12-23(13-11-15)17-9-8-16-19-20-18(24(16)21-17)14-6-4-3-5-7-14/h3-9,15H,10-13H2,1-2H3. The van der Waals surface area contributed by atoms with Crippen LogP contribution < -0.4 is 4.90 Å². The highest BCUT2D eigenvalue weighted by Gasteiger charge is 2.28. The van der Waals surface area contributed by atoms with E-state index in [4.69, 9.17) is 5.10 Å². The molecule has 1 aromatic carbocycles. The number of benzene rings is 1. The molecule has 8 nitrogen and oxygen atoms in total. The van der Waals surface area contributed by atoms with Gasteiger partial charge in [-0.15, -0.1) is 15.3 Å². The predicted molar refractivity (Wildman–Crippen MR) is 104 cm³/mol. The van der Waals surface area contributed by atoms with Gasteiger partial charge in [-0.1, -0.05) is 30.3 Å². The zero-order valence-electron chi connectivity index (χ0n) is 15.4. The fourth-order valence-electron chi connectivity index (χ4n) is 3.44. The number of sulfonamides is 1. The average molecular weight is 386 g/mol. The Morgan fingerprint density at radius 2 is 1.74 bits per heavy atom. The fourth-order valence-corrected chi connectivity index (χ4v) is 4.20. The molecule has 1 saturated heterocycles. The van der Waals surface area contributed by atoms with E-state index in [1.165, 1.54) is 10.6 Å². The number of piperidine rings is 1. The summed E-state index contributed by atoms with van der Waals surface area (Å²) < 4.78 is 26.8.